The van der Waals surface area contributed by atoms with Gasteiger partial charge < -0.3 is 27.5 Å². The van der Waals surface area contributed by atoms with E-state index in [1.807, 2.05) is 54.6 Å². The SMILES string of the molecule is c1ccc2c(c1)oc1c(-c3cc4c5c(c3)Oc3cc(-c6cccc7c6oc6ccccc67)cc6c3B5c3c(cc(-c5cccc7c5oc5ccccc57)cc3O6)O4)cccc12. The monoisotopic (exact) mass is 782 g/mol. The number of ether oxygens (including phenoxy) is 3. The van der Waals surface area contributed by atoms with Gasteiger partial charge in [0, 0.05) is 65.4 Å². The molecule has 0 amide bonds. The van der Waals surface area contributed by atoms with Crippen LogP contribution in [-0.2, 0) is 0 Å². The number of hydrogen-bond donors (Lipinski definition) is 0. The molecule has 0 saturated heterocycles. The predicted octanol–water partition coefficient (Wildman–Crippen LogP) is 13.2. The summed E-state index contributed by atoms with van der Waals surface area (Å²) in [6.07, 6.45) is 0. The smallest absolute Gasteiger partial charge is 0.270 e. The Bertz CT molecular complexity index is 3470. The van der Waals surface area contributed by atoms with Crippen LogP contribution in [0.1, 0.15) is 0 Å². The van der Waals surface area contributed by atoms with Gasteiger partial charge in [-0.15, -0.1) is 0 Å². The van der Waals surface area contributed by atoms with Crippen LogP contribution in [-0.4, -0.2) is 6.71 Å². The molecule has 3 aromatic heterocycles. The maximum Gasteiger partial charge on any atom is 0.270 e. The lowest BCUT2D eigenvalue weighted by Crippen LogP contribution is -2.59. The van der Waals surface area contributed by atoms with Crippen LogP contribution < -0.4 is 30.6 Å². The molecule has 3 aliphatic heterocycles. The summed E-state index contributed by atoms with van der Waals surface area (Å²) >= 11 is 0. The Balaban J connectivity index is 0.984. The van der Waals surface area contributed by atoms with Crippen molar-refractivity contribution in [3.63, 3.8) is 0 Å². The van der Waals surface area contributed by atoms with Crippen LogP contribution in [0, 0.1) is 0 Å². The van der Waals surface area contributed by atoms with Gasteiger partial charge in [-0.2, -0.15) is 0 Å². The van der Waals surface area contributed by atoms with Crippen molar-refractivity contribution in [3.8, 4) is 67.9 Å². The molecule has 7 heteroatoms. The van der Waals surface area contributed by atoms with Gasteiger partial charge in [-0.05, 0) is 71.3 Å². The second kappa shape index (κ2) is 11.3. The van der Waals surface area contributed by atoms with Crippen molar-refractivity contribution in [2.75, 3.05) is 0 Å². The van der Waals surface area contributed by atoms with Gasteiger partial charge in [0.15, 0.2) is 0 Å². The van der Waals surface area contributed by atoms with Gasteiger partial charge in [-0.1, -0.05) is 109 Å². The summed E-state index contributed by atoms with van der Waals surface area (Å²) in [5.41, 5.74) is 13.6. The van der Waals surface area contributed by atoms with Crippen LogP contribution in [0.5, 0.6) is 34.5 Å². The van der Waals surface area contributed by atoms with Gasteiger partial charge >= 0.3 is 0 Å². The molecule has 0 saturated carbocycles. The molecule has 12 aromatic rings. The highest BCUT2D eigenvalue weighted by Crippen LogP contribution is 2.49. The first-order chi connectivity index (χ1) is 30.2. The van der Waals surface area contributed by atoms with E-state index in [0.29, 0.717) is 0 Å². The lowest BCUT2D eigenvalue weighted by molar-refractivity contribution is 0.443. The second-order valence-electron chi connectivity index (χ2n) is 16.2. The minimum atomic E-state index is -0.195. The fourth-order valence-corrected chi connectivity index (χ4v) is 10.3. The third kappa shape index (κ3) is 4.21. The fourth-order valence-electron chi connectivity index (χ4n) is 10.3. The van der Waals surface area contributed by atoms with Crippen LogP contribution in [0.3, 0.4) is 0 Å². The summed E-state index contributed by atoms with van der Waals surface area (Å²) in [4.78, 5) is 0. The molecule has 61 heavy (non-hydrogen) atoms. The number of para-hydroxylation sites is 6. The normalized spacial score (nSPS) is 13.3. The molecule has 0 spiro atoms. The Hall–Kier alpha value is -8.16. The zero-order chi connectivity index (χ0) is 39.5. The van der Waals surface area contributed by atoms with Crippen LogP contribution in [0.4, 0.5) is 0 Å². The van der Waals surface area contributed by atoms with Gasteiger partial charge in [0.1, 0.15) is 68.0 Å². The summed E-state index contributed by atoms with van der Waals surface area (Å²) in [5, 5.41) is 6.42. The number of benzene rings is 9. The van der Waals surface area contributed by atoms with E-state index in [1.54, 1.807) is 0 Å². The van der Waals surface area contributed by atoms with Crippen LogP contribution in [0.25, 0.3) is 99.2 Å². The van der Waals surface area contributed by atoms with Gasteiger partial charge in [-0.3, -0.25) is 0 Å². The third-order valence-corrected chi connectivity index (χ3v) is 13.0. The van der Waals surface area contributed by atoms with Crippen molar-refractivity contribution in [1.82, 2.24) is 0 Å². The van der Waals surface area contributed by atoms with Crippen molar-refractivity contribution < 1.29 is 27.5 Å². The fraction of sp³-hybridized carbons (Fsp3) is 0. The minimum absolute atomic E-state index is 0.195. The van der Waals surface area contributed by atoms with E-state index in [0.717, 1.165) is 150 Å². The number of hydrogen-bond acceptors (Lipinski definition) is 6. The molecule has 0 aliphatic carbocycles. The van der Waals surface area contributed by atoms with E-state index >= 15 is 0 Å². The van der Waals surface area contributed by atoms with Crippen molar-refractivity contribution in [2.45, 2.75) is 0 Å². The molecule has 3 aliphatic rings. The first-order valence-electron chi connectivity index (χ1n) is 20.5. The summed E-state index contributed by atoms with van der Waals surface area (Å²) in [5.74, 6) is 4.40. The lowest BCUT2D eigenvalue weighted by Gasteiger charge is -2.38. The molecule has 0 fully saturated rings. The Labute approximate surface area is 346 Å². The molecular weight excluding hydrogens is 755 g/mol. The molecule has 15 rings (SSSR count). The average molecular weight is 783 g/mol. The number of fused-ring (bicyclic) bond motifs is 9. The second-order valence-corrected chi connectivity index (χ2v) is 16.2. The van der Waals surface area contributed by atoms with Gasteiger partial charge in [0.25, 0.3) is 6.71 Å². The first-order valence-corrected chi connectivity index (χ1v) is 20.5. The summed E-state index contributed by atoms with van der Waals surface area (Å²) < 4.78 is 40.8. The third-order valence-electron chi connectivity index (χ3n) is 13.0. The van der Waals surface area contributed by atoms with Crippen molar-refractivity contribution >= 4 is 88.9 Å². The Morgan fingerprint density at radius 3 is 0.869 bits per heavy atom. The molecule has 0 radical (unpaired) electrons. The van der Waals surface area contributed by atoms with E-state index < -0.39 is 0 Å². The molecule has 0 bridgehead atoms. The highest BCUT2D eigenvalue weighted by Gasteiger charge is 2.47. The van der Waals surface area contributed by atoms with Crippen molar-refractivity contribution in [3.05, 3.63) is 164 Å². The quantitative estimate of drug-likeness (QED) is 0.166. The zero-order valence-corrected chi connectivity index (χ0v) is 32.1. The molecule has 0 unspecified atom stereocenters. The zero-order valence-electron chi connectivity index (χ0n) is 32.1. The van der Waals surface area contributed by atoms with Gasteiger partial charge in [0.2, 0.25) is 0 Å². The van der Waals surface area contributed by atoms with Gasteiger partial charge in [-0.25, -0.2) is 0 Å². The molecular formula is C54H27BO6. The summed E-state index contributed by atoms with van der Waals surface area (Å²) in [6.45, 7) is -0.195. The topological polar surface area (TPSA) is 67.1 Å². The van der Waals surface area contributed by atoms with E-state index in [9.17, 15) is 0 Å². The maximum absolute atomic E-state index is 7.05. The van der Waals surface area contributed by atoms with E-state index in [4.69, 9.17) is 27.5 Å². The van der Waals surface area contributed by atoms with Crippen molar-refractivity contribution in [2.24, 2.45) is 0 Å². The van der Waals surface area contributed by atoms with Crippen molar-refractivity contribution in [1.29, 1.82) is 0 Å². The Morgan fingerprint density at radius 2 is 0.557 bits per heavy atom. The van der Waals surface area contributed by atoms with Gasteiger partial charge in [0.05, 0.1) is 0 Å². The first kappa shape index (κ1) is 31.8. The number of rotatable bonds is 3. The van der Waals surface area contributed by atoms with Crippen LogP contribution >= 0.6 is 0 Å². The lowest BCUT2D eigenvalue weighted by atomic mass is 9.33. The summed E-state index contributed by atoms with van der Waals surface area (Å²) in [7, 11) is 0. The largest absolute Gasteiger partial charge is 0.458 e. The number of furan rings is 3. The molecule has 9 aromatic carbocycles. The van der Waals surface area contributed by atoms with Crippen LogP contribution in [0.15, 0.2) is 177 Å². The summed E-state index contributed by atoms with van der Waals surface area (Å²) in [6, 6.07) is 56.3. The average Bonchev–Trinajstić information content (AvgIpc) is 4.00. The molecule has 6 heterocycles. The molecule has 0 N–H and O–H groups in total. The minimum Gasteiger partial charge on any atom is -0.458 e. The standard InChI is InChI=1S/C54H27BO6/c1-4-19-40-34(10-1)37-16-7-13-31(52(37)59-40)28-22-43-49-44(23-28)57-46-25-30(33-15-9-18-39-36-12-3-6-21-42(36)61-54(33)39)27-48-51(46)55(49)50-45(56-43)24-29(26-47(50)58-48)32-14-8-17-38-35-11-2-5-20-41(35)60-53(32)38/h1-27H. The molecule has 6 nitrogen and oxygen atoms in total. The maximum atomic E-state index is 7.05. The van der Waals surface area contributed by atoms with E-state index in [-0.39, 0.29) is 6.71 Å². The van der Waals surface area contributed by atoms with E-state index in [2.05, 4.69) is 109 Å². The molecule has 0 atom stereocenters. The highest BCUT2D eigenvalue weighted by atomic mass is 16.5. The Kier molecular flexibility index (Phi) is 5.90. The molecule has 282 valence electrons. The Morgan fingerprint density at radius 1 is 0.279 bits per heavy atom. The van der Waals surface area contributed by atoms with E-state index in [1.165, 1.54) is 0 Å². The van der Waals surface area contributed by atoms with Crippen LogP contribution in [0.2, 0.25) is 0 Å². The highest BCUT2D eigenvalue weighted by molar-refractivity contribution is 6.99. The predicted molar refractivity (Wildman–Crippen MR) is 242 cm³/mol.